The molecule has 0 aliphatic carbocycles. The number of carbonyl (C=O) groups excluding carboxylic acids is 1. The minimum atomic E-state index is -5.28. The quantitative estimate of drug-likeness (QED) is 0.0318. The Morgan fingerprint density at radius 3 is 1.77 bits per heavy atom. The number of ether oxygens (including phenoxy) is 1. The van der Waals surface area contributed by atoms with Crippen LogP contribution in [0.2, 0.25) is 0 Å². The molecule has 2 atom stereocenters. The molecule has 14 heteroatoms. The maximum atomic E-state index is 14.6. The van der Waals surface area contributed by atoms with Crippen molar-refractivity contribution < 1.29 is 53.9 Å². The van der Waals surface area contributed by atoms with Crippen molar-refractivity contribution in [1.82, 2.24) is 5.09 Å². The second kappa shape index (κ2) is 18.7. The number of nitrogens with one attached hydrogen (secondary N) is 1. The second-order valence-corrected chi connectivity index (χ2v) is 12.5. The number of halogens is 7. The van der Waals surface area contributed by atoms with E-state index in [1.807, 2.05) is 0 Å². The Balaban J connectivity index is 1.80. The number of carbonyl (C=O) groups is 1. The van der Waals surface area contributed by atoms with Gasteiger partial charge in [0.15, 0.2) is 0 Å². The Morgan fingerprint density at radius 1 is 0.702 bits per heavy atom. The minimum absolute atomic E-state index is 0.0899. The maximum Gasteiger partial charge on any atom is 0.513 e. The van der Waals surface area contributed by atoms with Crippen molar-refractivity contribution in [3.8, 4) is 11.5 Å². The van der Waals surface area contributed by atoms with Gasteiger partial charge in [-0.15, -0.1) is 0 Å². The normalized spacial score (nSPS) is 13.2. The summed E-state index contributed by atoms with van der Waals surface area (Å²) in [4.78, 5) is 13.2. The highest BCUT2D eigenvalue weighted by molar-refractivity contribution is 7.52. The van der Waals surface area contributed by atoms with Gasteiger partial charge in [0.25, 0.3) is 0 Å². The van der Waals surface area contributed by atoms with Gasteiger partial charge in [-0.25, -0.2) is 26.5 Å². The summed E-state index contributed by atoms with van der Waals surface area (Å²) < 4.78 is 128. The van der Waals surface area contributed by atoms with Gasteiger partial charge < -0.3 is 13.8 Å². The molecular formula is C33H37F7NO5P. The Morgan fingerprint density at radius 2 is 1.21 bits per heavy atom. The van der Waals surface area contributed by atoms with E-state index < -0.39 is 72.6 Å². The first-order chi connectivity index (χ1) is 22.4. The standard InChI is InChI=1S/C33H37F7NO5P/c1-2-3-4-5-6-7-8-9-10-14-17-44-33(42)26(20-22-18-23(34)21-24(35)19-22)41-47(43,45-25-15-12-11-13-16-25)46-32-30(39)28(37)27(36)29(38)31(32)40/h11-13,15-16,18-19,21,26H,2-10,14,17,20H2,1H3,(H,41,43)/t26-,47?/m0/s1. The van der Waals surface area contributed by atoms with Crippen molar-refractivity contribution >= 4 is 13.7 Å². The zero-order valence-electron chi connectivity index (χ0n) is 25.8. The zero-order chi connectivity index (χ0) is 34.4. The lowest BCUT2D eigenvalue weighted by atomic mass is 10.1. The number of rotatable bonds is 20. The molecule has 6 nitrogen and oxygen atoms in total. The van der Waals surface area contributed by atoms with E-state index in [0.717, 1.165) is 44.2 Å². The Kier molecular flexibility index (Phi) is 15.1. The smallest absolute Gasteiger partial charge is 0.465 e. The van der Waals surface area contributed by atoms with Crippen LogP contribution in [0.25, 0.3) is 0 Å². The number of hydrogen-bond acceptors (Lipinski definition) is 5. The Bertz CT molecular complexity index is 1460. The molecule has 3 aromatic carbocycles. The van der Waals surface area contributed by atoms with Crippen LogP contribution in [0.4, 0.5) is 30.7 Å². The van der Waals surface area contributed by atoms with Crippen LogP contribution >= 0.6 is 7.75 Å². The molecule has 1 unspecified atom stereocenters. The number of esters is 1. The fraction of sp³-hybridized carbons (Fsp3) is 0.424. The fourth-order valence-electron chi connectivity index (χ4n) is 4.68. The molecule has 0 heterocycles. The van der Waals surface area contributed by atoms with E-state index in [0.29, 0.717) is 12.5 Å². The van der Waals surface area contributed by atoms with Gasteiger partial charge in [-0.05, 0) is 42.7 Å². The number of hydrogen-bond donors (Lipinski definition) is 1. The number of unbranched alkanes of at least 4 members (excludes halogenated alkanes) is 9. The average molecular weight is 692 g/mol. The summed E-state index contributed by atoms with van der Waals surface area (Å²) in [6.07, 6.45) is 9.48. The number of benzene rings is 3. The molecule has 0 radical (unpaired) electrons. The van der Waals surface area contributed by atoms with E-state index in [4.69, 9.17) is 13.8 Å². The van der Waals surface area contributed by atoms with Gasteiger partial charge in [-0.3, -0.25) is 4.79 Å². The highest BCUT2D eigenvalue weighted by atomic mass is 31.2. The molecule has 47 heavy (non-hydrogen) atoms. The SMILES string of the molecule is CCCCCCCCCCCCOC(=O)[C@H](Cc1cc(F)cc(F)c1)NP(=O)(Oc1ccccc1)Oc1c(F)c(F)c(F)c(F)c1F. The Labute approximate surface area is 269 Å². The van der Waals surface area contributed by atoms with Crippen molar-refractivity contribution in [3.63, 3.8) is 0 Å². The second-order valence-electron chi connectivity index (χ2n) is 10.9. The van der Waals surface area contributed by atoms with E-state index >= 15 is 0 Å². The van der Waals surface area contributed by atoms with Crippen LogP contribution in [-0.2, 0) is 20.5 Å². The highest BCUT2D eigenvalue weighted by Gasteiger charge is 2.39. The van der Waals surface area contributed by atoms with Crippen LogP contribution in [0.1, 0.15) is 76.7 Å². The van der Waals surface area contributed by atoms with Crippen molar-refractivity contribution in [2.45, 2.75) is 83.6 Å². The molecule has 0 amide bonds. The van der Waals surface area contributed by atoms with Crippen molar-refractivity contribution in [2.24, 2.45) is 0 Å². The molecule has 0 saturated heterocycles. The summed E-state index contributed by atoms with van der Waals surface area (Å²) in [6, 6.07) is 7.34. The monoisotopic (exact) mass is 691 g/mol. The first-order valence-corrected chi connectivity index (χ1v) is 16.9. The lowest BCUT2D eigenvalue weighted by Gasteiger charge is -2.25. The first-order valence-electron chi connectivity index (χ1n) is 15.4. The summed E-state index contributed by atoms with van der Waals surface area (Å²) in [5.74, 6) is -17.5. The van der Waals surface area contributed by atoms with E-state index in [-0.39, 0.29) is 17.9 Å². The predicted molar refractivity (Wildman–Crippen MR) is 161 cm³/mol. The van der Waals surface area contributed by atoms with Crippen LogP contribution in [0.15, 0.2) is 48.5 Å². The van der Waals surface area contributed by atoms with Gasteiger partial charge >= 0.3 is 13.7 Å². The van der Waals surface area contributed by atoms with Crippen molar-refractivity contribution in [2.75, 3.05) is 6.61 Å². The van der Waals surface area contributed by atoms with Gasteiger partial charge in [-0.2, -0.15) is 13.9 Å². The third kappa shape index (κ3) is 11.9. The summed E-state index contributed by atoms with van der Waals surface area (Å²) >= 11 is 0. The van der Waals surface area contributed by atoms with Crippen molar-refractivity contribution in [1.29, 1.82) is 0 Å². The maximum absolute atomic E-state index is 14.6. The van der Waals surface area contributed by atoms with Gasteiger partial charge in [-0.1, -0.05) is 82.9 Å². The molecular weight excluding hydrogens is 654 g/mol. The fourth-order valence-corrected chi connectivity index (χ4v) is 6.20. The van der Waals surface area contributed by atoms with Gasteiger partial charge in [0.2, 0.25) is 34.8 Å². The van der Waals surface area contributed by atoms with Gasteiger partial charge in [0, 0.05) is 6.07 Å². The average Bonchev–Trinajstić information content (AvgIpc) is 3.03. The van der Waals surface area contributed by atoms with Gasteiger partial charge in [0.05, 0.1) is 6.61 Å². The van der Waals surface area contributed by atoms with Gasteiger partial charge in [0.1, 0.15) is 23.4 Å². The predicted octanol–water partition coefficient (Wildman–Crippen LogP) is 9.89. The third-order valence-electron chi connectivity index (χ3n) is 7.05. The Hall–Kier alpha value is -3.57. The van der Waals surface area contributed by atoms with Crippen LogP contribution < -0.4 is 14.1 Å². The first kappa shape index (κ1) is 37.9. The van der Waals surface area contributed by atoms with Crippen LogP contribution in [-0.4, -0.2) is 18.6 Å². The van der Waals surface area contributed by atoms with E-state index in [1.54, 1.807) is 0 Å². The van der Waals surface area contributed by atoms with E-state index in [9.17, 15) is 40.1 Å². The third-order valence-corrected chi connectivity index (χ3v) is 8.55. The lowest BCUT2D eigenvalue weighted by Crippen LogP contribution is -2.40. The van der Waals surface area contributed by atoms with Crippen LogP contribution in [0.5, 0.6) is 11.5 Å². The van der Waals surface area contributed by atoms with Crippen molar-refractivity contribution in [3.05, 3.63) is 94.8 Å². The van der Waals surface area contributed by atoms with Crippen LogP contribution in [0.3, 0.4) is 0 Å². The topological polar surface area (TPSA) is 73.9 Å². The largest absolute Gasteiger partial charge is 0.513 e. The molecule has 0 aromatic heterocycles. The molecule has 0 saturated carbocycles. The lowest BCUT2D eigenvalue weighted by molar-refractivity contribution is -0.145. The van der Waals surface area contributed by atoms with Crippen LogP contribution in [0, 0.1) is 40.7 Å². The molecule has 0 fully saturated rings. The summed E-state index contributed by atoms with van der Waals surface area (Å²) in [7, 11) is -5.28. The molecule has 3 aromatic rings. The van der Waals surface area contributed by atoms with E-state index in [2.05, 4.69) is 12.0 Å². The molecule has 258 valence electrons. The number of para-hydroxylation sites is 1. The molecule has 0 spiro atoms. The summed E-state index contributed by atoms with van der Waals surface area (Å²) in [5, 5.41) is 2.13. The highest BCUT2D eigenvalue weighted by Crippen LogP contribution is 2.48. The minimum Gasteiger partial charge on any atom is -0.465 e. The molecule has 0 aliphatic heterocycles. The molecule has 0 bridgehead atoms. The zero-order valence-corrected chi connectivity index (χ0v) is 26.7. The molecule has 1 N–H and O–H groups in total. The summed E-state index contributed by atoms with van der Waals surface area (Å²) in [5.41, 5.74) is -0.127. The summed E-state index contributed by atoms with van der Waals surface area (Å²) in [6.45, 7) is 2.06. The molecule has 0 aliphatic rings. The molecule has 3 rings (SSSR count). The van der Waals surface area contributed by atoms with E-state index in [1.165, 1.54) is 56.0 Å².